The largest absolute Gasteiger partial charge is 0.480 e. The molecule has 0 aliphatic carbocycles. The highest BCUT2D eigenvalue weighted by Gasteiger charge is 2.09. The molecule has 6 heteroatoms. The van der Waals surface area contributed by atoms with Gasteiger partial charge in [-0.05, 0) is 17.7 Å². The molecule has 2 amide bonds. The summed E-state index contributed by atoms with van der Waals surface area (Å²) in [7, 11) is 1.53. The van der Waals surface area contributed by atoms with Crippen LogP contribution in [0.2, 0.25) is 0 Å². The molecule has 0 saturated carbocycles. The third kappa shape index (κ3) is 4.50. The first kappa shape index (κ1) is 13.0. The fraction of sp³-hybridized carbons (Fsp3) is 0.273. The Bertz CT molecular complexity index is 406. The van der Waals surface area contributed by atoms with E-state index in [1.54, 1.807) is 12.1 Å². The molecule has 17 heavy (non-hydrogen) atoms. The summed E-state index contributed by atoms with van der Waals surface area (Å²) in [5, 5.41) is 10.6. The van der Waals surface area contributed by atoms with Crippen LogP contribution in [-0.4, -0.2) is 35.6 Å². The number of urea groups is 1. The lowest BCUT2D eigenvalue weighted by molar-refractivity contribution is -0.135. The molecule has 2 N–H and O–H groups in total. The molecule has 0 heterocycles. The lowest BCUT2D eigenvalue weighted by Gasteiger charge is -2.17. The minimum absolute atomic E-state index is 0.283. The minimum atomic E-state index is -1.10. The molecule has 0 saturated heterocycles. The fourth-order valence-electron chi connectivity index (χ4n) is 1.22. The Labute approximate surface area is 97.8 Å². The zero-order chi connectivity index (χ0) is 12.8. The Morgan fingerprint density at radius 2 is 1.94 bits per heavy atom. The van der Waals surface area contributed by atoms with Crippen molar-refractivity contribution in [2.45, 2.75) is 6.54 Å². The molecule has 92 valence electrons. The summed E-state index contributed by atoms with van der Waals surface area (Å²) < 4.78 is 12.6. The van der Waals surface area contributed by atoms with E-state index in [4.69, 9.17) is 5.11 Å². The first-order valence-corrected chi connectivity index (χ1v) is 4.94. The van der Waals surface area contributed by atoms with Gasteiger partial charge < -0.3 is 15.3 Å². The van der Waals surface area contributed by atoms with E-state index in [9.17, 15) is 14.0 Å². The number of hydrogen-bond donors (Lipinski definition) is 2. The summed E-state index contributed by atoms with van der Waals surface area (Å²) in [4.78, 5) is 23.0. The molecule has 1 aromatic carbocycles. The number of rotatable bonds is 4. The van der Waals surface area contributed by atoms with Gasteiger partial charge in [0, 0.05) is 13.6 Å². The Morgan fingerprint density at radius 1 is 1.35 bits per heavy atom. The van der Waals surface area contributed by atoms with E-state index < -0.39 is 18.5 Å². The van der Waals surface area contributed by atoms with Crippen LogP contribution in [-0.2, 0) is 11.3 Å². The van der Waals surface area contributed by atoms with Gasteiger partial charge in [0.05, 0.1) is 0 Å². The van der Waals surface area contributed by atoms with Gasteiger partial charge in [0.1, 0.15) is 12.4 Å². The number of hydrogen-bond acceptors (Lipinski definition) is 2. The quantitative estimate of drug-likeness (QED) is 0.826. The van der Waals surface area contributed by atoms with Crippen LogP contribution >= 0.6 is 0 Å². The van der Waals surface area contributed by atoms with Gasteiger partial charge in [-0.2, -0.15) is 0 Å². The van der Waals surface area contributed by atoms with E-state index in [0.717, 1.165) is 5.56 Å². The van der Waals surface area contributed by atoms with Crippen molar-refractivity contribution < 1.29 is 19.1 Å². The zero-order valence-corrected chi connectivity index (χ0v) is 9.31. The summed E-state index contributed by atoms with van der Waals surface area (Å²) in [6.45, 7) is -0.141. The predicted molar refractivity (Wildman–Crippen MR) is 58.9 cm³/mol. The molecule has 0 aliphatic rings. The number of amides is 2. The fourth-order valence-corrected chi connectivity index (χ4v) is 1.22. The van der Waals surface area contributed by atoms with Crippen LogP contribution in [0.4, 0.5) is 9.18 Å². The molecule has 0 aliphatic heterocycles. The van der Waals surface area contributed by atoms with Crippen LogP contribution in [0.25, 0.3) is 0 Å². The van der Waals surface area contributed by atoms with Crippen molar-refractivity contribution in [3.63, 3.8) is 0 Å². The number of halogens is 1. The molecule has 0 atom stereocenters. The topological polar surface area (TPSA) is 69.6 Å². The second-order valence-corrected chi connectivity index (χ2v) is 3.53. The molecular formula is C11H13FN2O3. The van der Waals surface area contributed by atoms with Gasteiger partial charge in [0.15, 0.2) is 0 Å². The average Bonchev–Trinajstić information content (AvgIpc) is 2.28. The number of nitrogens with one attached hydrogen (secondary N) is 1. The SMILES string of the molecule is CN(Cc1ccc(F)cc1)C(=O)NCC(=O)O. The van der Waals surface area contributed by atoms with Crippen LogP contribution in [0, 0.1) is 5.82 Å². The van der Waals surface area contributed by atoms with Crippen LogP contribution in [0.5, 0.6) is 0 Å². The molecule has 1 rings (SSSR count). The van der Waals surface area contributed by atoms with Crippen LogP contribution in [0.1, 0.15) is 5.56 Å². The van der Waals surface area contributed by atoms with Crippen LogP contribution < -0.4 is 5.32 Å². The van der Waals surface area contributed by atoms with Crippen molar-refractivity contribution in [1.82, 2.24) is 10.2 Å². The maximum absolute atomic E-state index is 12.6. The van der Waals surface area contributed by atoms with Gasteiger partial charge in [-0.25, -0.2) is 9.18 Å². The van der Waals surface area contributed by atoms with Gasteiger partial charge in [-0.3, -0.25) is 4.79 Å². The van der Waals surface area contributed by atoms with E-state index in [-0.39, 0.29) is 12.4 Å². The van der Waals surface area contributed by atoms with Crippen molar-refractivity contribution in [1.29, 1.82) is 0 Å². The molecular weight excluding hydrogens is 227 g/mol. The number of carbonyl (C=O) groups is 2. The van der Waals surface area contributed by atoms with Gasteiger partial charge in [0.2, 0.25) is 0 Å². The molecule has 0 unspecified atom stereocenters. The predicted octanol–water partition coefficient (Wildman–Crippen LogP) is 1.05. The standard InChI is InChI=1S/C11H13FN2O3/c1-14(11(17)13-6-10(15)16)7-8-2-4-9(12)5-3-8/h2-5H,6-7H2,1H3,(H,13,17)(H,15,16). The van der Waals surface area contributed by atoms with Gasteiger partial charge in [0.25, 0.3) is 0 Å². The van der Waals surface area contributed by atoms with Crippen molar-refractivity contribution in [2.24, 2.45) is 0 Å². The van der Waals surface area contributed by atoms with E-state index in [1.165, 1.54) is 24.1 Å². The summed E-state index contributed by atoms with van der Waals surface area (Å²) in [5.74, 6) is -1.44. The Morgan fingerprint density at radius 3 is 2.47 bits per heavy atom. The molecule has 0 fully saturated rings. The first-order chi connectivity index (χ1) is 7.99. The number of carboxylic acids is 1. The van der Waals surface area contributed by atoms with Crippen LogP contribution in [0.3, 0.4) is 0 Å². The number of nitrogens with zero attached hydrogens (tertiary/aromatic N) is 1. The second-order valence-electron chi connectivity index (χ2n) is 3.53. The van der Waals surface area contributed by atoms with Gasteiger partial charge in [-0.1, -0.05) is 12.1 Å². The third-order valence-electron chi connectivity index (χ3n) is 2.07. The smallest absolute Gasteiger partial charge is 0.323 e. The average molecular weight is 240 g/mol. The molecule has 0 radical (unpaired) electrons. The third-order valence-corrected chi connectivity index (χ3v) is 2.07. The van der Waals surface area contributed by atoms with Crippen molar-refractivity contribution in [3.05, 3.63) is 35.6 Å². The van der Waals surface area contributed by atoms with E-state index in [1.807, 2.05) is 0 Å². The number of benzene rings is 1. The van der Waals surface area contributed by atoms with Crippen molar-refractivity contribution in [2.75, 3.05) is 13.6 Å². The van der Waals surface area contributed by atoms with Crippen molar-refractivity contribution in [3.8, 4) is 0 Å². The molecule has 0 spiro atoms. The maximum Gasteiger partial charge on any atom is 0.323 e. The summed E-state index contributed by atoms with van der Waals surface area (Å²) in [6, 6.07) is 5.25. The minimum Gasteiger partial charge on any atom is -0.480 e. The van der Waals surface area contributed by atoms with Crippen molar-refractivity contribution >= 4 is 12.0 Å². The van der Waals surface area contributed by atoms with Gasteiger partial charge >= 0.3 is 12.0 Å². The van der Waals surface area contributed by atoms with Gasteiger partial charge in [-0.15, -0.1) is 0 Å². The highest BCUT2D eigenvalue weighted by molar-refractivity contribution is 5.79. The number of carbonyl (C=O) groups excluding carboxylic acids is 1. The lowest BCUT2D eigenvalue weighted by Crippen LogP contribution is -2.39. The zero-order valence-electron chi connectivity index (χ0n) is 9.31. The first-order valence-electron chi connectivity index (χ1n) is 4.94. The lowest BCUT2D eigenvalue weighted by atomic mass is 10.2. The number of carboxylic acid groups (broad SMARTS) is 1. The maximum atomic E-state index is 12.6. The van der Waals surface area contributed by atoms with E-state index in [2.05, 4.69) is 5.32 Å². The summed E-state index contributed by atoms with van der Waals surface area (Å²) >= 11 is 0. The van der Waals surface area contributed by atoms with E-state index >= 15 is 0 Å². The molecule has 5 nitrogen and oxygen atoms in total. The normalized spacial score (nSPS) is 9.76. The summed E-state index contributed by atoms with van der Waals surface area (Å²) in [6.07, 6.45) is 0. The summed E-state index contributed by atoms with van der Waals surface area (Å²) in [5.41, 5.74) is 0.763. The molecule has 0 bridgehead atoms. The highest BCUT2D eigenvalue weighted by atomic mass is 19.1. The Kier molecular flexibility index (Phi) is 4.45. The van der Waals surface area contributed by atoms with E-state index in [0.29, 0.717) is 0 Å². The Balaban J connectivity index is 2.48. The molecule has 0 aromatic heterocycles. The second kappa shape index (κ2) is 5.83. The molecule has 1 aromatic rings. The van der Waals surface area contributed by atoms with Crippen LogP contribution in [0.15, 0.2) is 24.3 Å². The monoisotopic (exact) mass is 240 g/mol. The highest BCUT2D eigenvalue weighted by Crippen LogP contribution is 2.05. The number of aliphatic carboxylic acids is 1. The Hall–Kier alpha value is -2.11.